The lowest BCUT2D eigenvalue weighted by molar-refractivity contribution is 0.122. The summed E-state index contributed by atoms with van der Waals surface area (Å²) < 4.78 is 38.3. The van der Waals surface area contributed by atoms with E-state index in [4.69, 9.17) is 19.4 Å². The molecule has 0 radical (unpaired) electrons. The first kappa shape index (κ1) is 25.8. The second-order valence-corrected chi connectivity index (χ2v) is 12.4. The Labute approximate surface area is 221 Å². The average Bonchev–Trinajstić information content (AvgIpc) is 3.19. The molecule has 10 nitrogen and oxygen atoms in total. The van der Waals surface area contributed by atoms with Crippen LogP contribution in [0.15, 0.2) is 24.4 Å². The highest BCUT2D eigenvalue weighted by atomic mass is 32.2. The standard InChI is InChI=1S/C25H32N6O4S2/c1-16-5-7-30(8-6-16)15-19-17(2)36-23-21(27-25(28-22(19)23)31-9-11-35-12-10-31)18-13-20(29-37(4,32)33)24(34-3)26-14-18/h13-14,29H,1,5-12,15H2,2-4H3. The number of fused-ring (bicyclic) bond motifs is 1. The lowest BCUT2D eigenvalue weighted by Gasteiger charge is -2.28. The van der Waals surface area contributed by atoms with E-state index in [-0.39, 0.29) is 11.6 Å². The minimum absolute atomic E-state index is 0.197. The highest BCUT2D eigenvalue weighted by molar-refractivity contribution is 7.92. The first-order valence-electron chi connectivity index (χ1n) is 12.3. The number of hydrogen-bond acceptors (Lipinski definition) is 10. The topological polar surface area (TPSA) is 110 Å². The lowest BCUT2D eigenvalue weighted by atomic mass is 10.0. The molecule has 1 N–H and O–H groups in total. The third-order valence-electron chi connectivity index (χ3n) is 6.67. The Hall–Kier alpha value is -2.80. The van der Waals surface area contributed by atoms with Gasteiger partial charge in [0, 0.05) is 54.9 Å². The first-order chi connectivity index (χ1) is 17.7. The Kier molecular flexibility index (Phi) is 7.35. The van der Waals surface area contributed by atoms with Crippen molar-refractivity contribution in [1.82, 2.24) is 19.9 Å². The van der Waals surface area contributed by atoms with Crippen LogP contribution in [-0.4, -0.2) is 81.0 Å². The molecule has 0 unspecified atom stereocenters. The molecule has 2 aliphatic heterocycles. The Morgan fingerprint density at radius 1 is 1.19 bits per heavy atom. The number of pyridine rings is 1. The van der Waals surface area contributed by atoms with Crippen molar-refractivity contribution >= 4 is 43.2 Å². The molecule has 198 valence electrons. The fourth-order valence-electron chi connectivity index (χ4n) is 4.68. The Balaban J connectivity index is 1.64. The van der Waals surface area contributed by atoms with Crippen LogP contribution < -0.4 is 14.4 Å². The molecule has 3 aromatic rings. The van der Waals surface area contributed by atoms with Crippen molar-refractivity contribution in [3.63, 3.8) is 0 Å². The maximum absolute atomic E-state index is 12.0. The summed E-state index contributed by atoms with van der Waals surface area (Å²) in [5, 5.41) is 0. The molecule has 0 aliphatic carbocycles. The van der Waals surface area contributed by atoms with Gasteiger partial charge in [0.25, 0.3) is 0 Å². The summed E-state index contributed by atoms with van der Waals surface area (Å²) in [6.07, 6.45) is 4.81. The molecule has 5 rings (SSSR count). The van der Waals surface area contributed by atoms with Crippen molar-refractivity contribution in [1.29, 1.82) is 0 Å². The number of rotatable bonds is 7. The molecule has 2 aliphatic rings. The number of hydrogen-bond donors (Lipinski definition) is 1. The highest BCUT2D eigenvalue weighted by Gasteiger charge is 2.24. The summed E-state index contributed by atoms with van der Waals surface area (Å²) in [6.45, 7) is 11.7. The van der Waals surface area contributed by atoms with Crippen LogP contribution in [0.2, 0.25) is 0 Å². The van der Waals surface area contributed by atoms with Crippen molar-refractivity contribution in [2.24, 2.45) is 0 Å². The Morgan fingerprint density at radius 3 is 2.59 bits per heavy atom. The molecule has 0 spiro atoms. The normalized spacial score (nSPS) is 17.4. The van der Waals surface area contributed by atoms with Gasteiger partial charge in [-0.3, -0.25) is 9.62 Å². The average molecular weight is 545 g/mol. The van der Waals surface area contributed by atoms with E-state index >= 15 is 0 Å². The fourth-order valence-corrected chi connectivity index (χ4v) is 6.34. The zero-order chi connectivity index (χ0) is 26.2. The molecule has 2 saturated heterocycles. The molecule has 0 atom stereocenters. The van der Waals surface area contributed by atoms with Crippen molar-refractivity contribution < 1.29 is 17.9 Å². The van der Waals surface area contributed by atoms with E-state index in [2.05, 4.69) is 33.0 Å². The number of nitrogens with one attached hydrogen (secondary N) is 1. The monoisotopic (exact) mass is 544 g/mol. The number of aromatic nitrogens is 3. The summed E-state index contributed by atoms with van der Waals surface area (Å²) in [7, 11) is -2.08. The SMILES string of the molecule is C=C1CCN(Cc2c(C)sc3c(-c4cnc(OC)c(NS(C)(=O)=O)c4)nc(N4CCOCC4)nc23)CC1. The molecular formula is C25H32N6O4S2. The number of piperidine rings is 1. The summed E-state index contributed by atoms with van der Waals surface area (Å²) in [6, 6.07) is 1.72. The Morgan fingerprint density at radius 2 is 1.92 bits per heavy atom. The highest BCUT2D eigenvalue weighted by Crippen LogP contribution is 2.39. The van der Waals surface area contributed by atoms with Gasteiger partial charge in [0.1, 0.15) is 5.69 Å². The minimum atomic E-state index is -3.53. The molecule has 0 saturated carbocycles. The minimum Gasteiger partial charge on any atom is -0.480 e. The molecule has 0 aromatic carbocycles. The van der Waals surface area contributed by atoms with E-state index in [1.807, 2.05) is 0 Å². The zero-order valence-corrected chi connectivity index (χ0v) is 23.0. The van der Waals surface area contributed by atoms with Crippen LogP contribution >= 0.6 is 11.3 Å². The van der Waals surface area contributed by atoms with Crippen molar-refractivity contribution in [3.8, 4) is 17.1 Å². The smallest absolute Gasteiger partial charge is 0.238 e. The number of anilines is 2. The van der Waals surface area contributed by atoms with Gasteiger partial charge in [0.2, 0.25) is 21.9 Å². The van der Waals surface area contributed by atoms with Crippen LogP contribution in [0.4, 0.5) is 11.6 Å². The summed E-state index contributed by atoms with van der Waals surface area (Å²) in [4.78, 5) is 20.2. The van der Waals surface area contributed by atoms with Crippen LogP contribution in [0.25, 0.3) is 21.5 Å². The molecule has 5 heterocycles. The number of sulfonamides is 1. The van der Waals surface area contributed by atoms with Crippen LogP contribution in [0.1, 0.15) is 23.3 Å². The van der Waals surface area contributed by atoms with E-state index in [0.29, 0.717) is 37.8 Å². The molecule has 0 bridgehead atoms. The van der Waals surface area contributed by atoms with E-state index in [1.165, 1.54) is 23.1 Å². The number of ether oxygens (including phenoxy) is 2. The number of nitrogens with zero attached hydrogens (tertiary/aromatic N) is 5. The van der Waals surface area contributed by atoms with E-state index in [1.54, 1.807) is 23.6 Å². The molecular weight excluding hydrogens is 512 g/mol. The van der Waals surface area contributed by atoms with E-state index in [0.717, 1.165) is 54.6 Å². The molecule has 12 heteroatoms. The number of likely N-dealkylation sites (tertiary alicyclic amines) is 1. The summed E-state index contributed by atoms with van der Waals surface area (Å²) in [5.74, 6) is 0.841. The Bertz CT molecular complexity index is 1420. The number of methoxy groups -OCH3 is 1. The van der Waals surface area contributed by atoms with Crippen molar-refractivity contribution in [2.45, 2.75) is 26.3 Å². The largest absolute Gasteiger partial charge is 0.480 e. The lowest BCUT2D eigenvalue weighted by Crippen LogP contribution is -2.37. The van der Waals surface area contributed by atoms with Crippen LogP contribution in [0.3, 0.4) is 0 Å². The summed E-state index contributed by atoms with van der Waals surface area (Å²) >= 11 is 1.66. The van der Waals surface area contributed by atoms with Gasteiger partial charge in [0.05, 0.1) is 42.5 Å². The van der Waals surface area contributed by atoms with E-state index in [9.17, 15) is 8.42 Å². The fraction of sp³-hybridized carbons (Fsp3) is 0.480. The molecule has 2 fully saturated rings. The first-order valence-corrected chi connectivity index (χ1v) is 15.0. The van der Waals surface area contributed by atoms with Gasteiger partial charge in [0.15, 0.2) is 0 Å². The van der Waals surface area contributed by atoms with Gasteiger partial charge in [-0.2, -0.15) is 0 Å². The maximum atomic E-state index is 12.0. The van der Waals surface area contributed by atoms with Crippen molar-refractivity contribution in [3.05, 3.63) is 34.9 Å². The van der Waals surface area contributed by atoms with Crippen LogP contribution in [-0.2, 0) is 21.3 Å². The third kappa shape index (κ3) is 5.71. The number of morpholine rings is 1. The van der Waals surface area contributed by atoms with Crippen LogP contribution in [0, 0.1) is 6.92 Å². The van der Waals surface area contributed by atoms with Gasteiger partial charge >= 0.3 is 0 Å². The van der Waals surface area contributed by atoms with Crippen molar-refractivity contribution in [2.75, 3.05) is 62.4 Å². The van der Waals surface area contributed by atoms with Gasteiger partial charge < -0.3 is 14.4 Å². The quantitative estimate of drug-likeness (QED) is 0.447. The number of aryl methyl sites for hydroxylation is 1. The third-order valence-corrected chi connectivity index (χ3v) is 8.41. The predicted octanol–water partition coefficient (Wildman–Crippen LogP) is 3.43. The summed E-state index contributed by atoms with van der Waals surface area (Å²) in [5.41, 5.74) is 5.14. The van der Waals surface area contributed by atoms with Gasteiger partial charge in [-0.15, -0.1) is 11.3 Å². The van der Waals surface area contributed by atoms with Gasteiger partial charge in [-0.25, -0.2) is 23.4 Å². The van der Waals surface area contributed by atoms with Crippen LogP contribution in [0.5, 0.6) is 5.88 Å². The predicted molar refractivity (Wildman–Crippen MR) is 147 cm³/mol. The van der Waals surface area contributed by atoms with Gasteiger partial charge in [-0.05, 0) is 25.8 Å². The number of thiophene rings is 1. The second-order valence-electron chi connectivity index (χ2n) is 9.47. The second kappa shape index (κ2) is 10.5. The molecule has 0 amide bonds. The van der Waals surface area contributed by atoms with E-state index < -0.39 is 10.0 Å². The molecule has 3 aromatic heterocycles. The molecule has 37 heavy (non-hydrogen) atoms. The van der Waals surface area contributed by atoms with Gasteiger partial charge in [-0.1, -0.05) is 12.2 Å². The maximum Gasteiger partial charge on any atom is 0.238 e. The zero-order valence-electron chi connectivity index (χ0n) is 21.4.